The number of benzene rings is 1. The molecule has 1 atom stereocenters. The molecule has 0 unspecified atom stereocenters. The third-order valence-electron chi connectivity index (χ3n) is 3.18. The second-order valence-corrected chi connectivity index (χ2v) is 5.58. The minimum atomic E-state index is -1.22. The van der Waals surface area contributed by atoms with Gasteiger partial charge < -0.3 is 10.4 Å². The molecule has 1 heterocycles. The van der Waals surface area contributed by atoms with Crippen molar-refractivity contribution < 1.29 is 19.6 Å². The number of carbonyl (C=O) groups excluding carboxylic acids is 1. The lowest BCUT2D eigenvalue weighted by molar-refractivity contribution is -0.384. The average Bonchev–Trinajstić information content (AvgIpc) is 2.56. The molecule has 0 bridgehead atoms. The Balaban J connectivity index is 2.17. The van der Waals surface area contributed by atoms with E-state index in [4.69, 9.17) is 0 Å². The molecule has 0 aliphatic heterocycles. The smallest absolute Gasteiger partial charge is 0.326 e. The van der Waals surface area contributed by atoms with Gasteiger partial charge in [-0.25, -0.2) is 9.78 Å². The van der Waals surface area contributed by atoms with Crippen molar-refractivity contribution in [2.75, 3.05) is 0 Å². The predicted octanol–water partition coefficient (Wildman–Crippen LogP) is 2.18. The molecular formula is C15H12BrN3O5. The Kier molecular flexibility index (Phi) is 5.59. The Hall–Kier alpha value is -2.81. The van der Waals surface area contributed by atoms with Gasteiger partial charge >= 0.3 is 5.97 Å². The molecule has 2 rings (SSSR count). The van der Waals surface area contributed by atoms with Gasteiger partial charge in [-0.1, -0.05) is 12.1 Å². The average molecular weight is 394 g/mol. The van der Waals surface area contributed by atoms with E-state index in [2.05, 4.69) is 26.2 Å². The molecule has 2 N–H and O–H groups in total. The van der Waals surface area contributed by atoms with E-state index >= 15 is 0 Å². The van der Waals surface area contributed by atoms with Gasteiger partial charge in [0.05, 0.1) is 4.92 Å². The Labute approximate surface area is 144 Å². The van der Waals surface area contributed by atoms with Crippen molar-refractivity contribution in [3.05, 3.63) is 68.4 Å². The minimum absolute atomic E-state index is 0.0145. The quantitative estimate of drug-likeness (QED) is 0.440. The summed E-state index contributed by atoms with van der Waals surface area (Å²) in [5.41, 5.74) is 0.384. The van der Waals surface area contributed by atoms with Crippen LogP contribution in [0.2, 0.25) is 0 Å². The maximum atomic E-state index is 12.2. The maximum absolute atomic E-state index is 12.2. The van der Waals surface area contributed by atoms with Gasteiger partial charge in [-0.2, -0.15) is 0 Å². The first-order valence-electron chi connectivity index (χ1n) is 6.76. The molecule has 0 aliphatic carbocycles. The number of hydrogen-bond donors (Lipinski definition) is 2. The normalized spacial score (nSPS) is 11.5. The number of non-ortho nitro benzene ring substituents is 1. The van der Waals surface area contributed by atoms with Crippen LogP contribution in [-0.4, -0.2) is 32.9 Å². The van der Waals surface area contributed by atoms with Crippen molar-refractivity contribution in [3.8, 4) is 0 Å². The summed E-state index contributed by atoms with van der Waals surface area (Å²) in [5, 5.41) is 22.4. The molecule has 0 saturated carbocycles. The van der Waals surface area contributed by atoms with Crippen LogP contribution in [0.4, 0.5) is 5.69 Å². The monoisotopic (exact) mass is 393 g/mol. The lowest BCUT2D eigenvalue weighted by atomic mass is 10.1. The summed E-state index contributed by atoms with van der Waals surface area (Å²) in [6.07, 6.45) is 1.56. The second kappa shape index (κ2) is 7.64. The molecule has 0 spiro atoms. The van der Waals surface area contributed by atoms with Gasteiger partial charge in [-0.3, -0.25) is 14.9 Å². The zero-order valence-corrected chi connectivity index (χ0v) is 13.8. The summed E-state index contributed by atoms with van der Waals surface area (Å²) in [7, 11) is 0. The minimum Gasteiger partial charge on any atom is -0.480 e. The summed E-state index contributed by atoms with van der Waals surface area (Å²) in [5.74, 6) is -1.92. The van der Waals surface area contributed by atoms with Crippen LogP contribution in [0.1, 0.15) is 15.9 Å². The van der Waals surface area contributed by atoms with Crippen LogP contribution in [0.5, 0.6) is 0 Å². The first-order chi connectivity index (χ1) is 11.4. The van der Waals surface area contributed by atoms with Gasteiger partial charge in [-0.05, 0) is 33.6 Å². The summed E-state index contributed by atoms with van der Waals surface area (Å²) in [6, 6.07) is 7.22. The van der Waals surface area contributed by atoms with Crippen LogP contribution in [0.25, 0.3) is 0 Å². The maximum Gasteiger partial charge on any atom is 0.326 e. The lowest BCUT2D eigenvalue weighted by Gasteiger charge is -2.15. The number of hydrogen-bond acceptors (Lipinski definition) is 5. The van der Waals surface area contributed by atoms with Crippen LogP contribution in [0, 0.1) is 10.1 Å². The van der Waals surface area contributed by atoms with E-state index in [-0.39, 0.29) is 17.7 Å². The fourth-order valence-corrected chi connectivity index (χ4v) is 2.41. The molecule has 0 aliphatic rings. The number of carboxylic acids is 1. The number of nitrogens with zero attached hydrogens (tertiary/aromatic N) is 2. The third kappa shape index (κ3) is 4.35. The molecule has 1 aromatic carbocycles. The first-order valence-corrected chi connectivity index (χ1v) is 7.55. The highest BCUT2D eigenvalue weighted by atomic mass is 79.9. The number of halogens is 1. The molecule has 0 saturated heterocycles. The number of nitro benzene ring substituents is 1. The molecule has 2 aromatic rings. The summed E-state index contributed by atoms with van der Waals surface area (Å²) in [6.45, 7) is 0. The van der Waals surface area contributed by atoms with E-state index in [1.807, 2.05) is 0 Å². The fourth-order valence-electron chi connectivity index (χ4n) is 1.99. The number of amides is 1. The van der Waals surface area contributed by atoms with Gasteiger partial charge in [0.15, 0.2) is 0 Å². The second-order valence-electron chi connectivity index (χ2n) is 4.83. The predicted molar refractivity (Wildman–Crippen MR) is 87.6 cm³/mol. The largest absolute Gasteiger partial charge is 0.480 e. The molecule has 0 fully saturated rings. The summed E-state index contributed by atoms with van der Waals surface area (Å²) in [4.78, 5) is 37.7. The standard InChI is InChI=1S/C15H12BrN3O5/c16-13-9(4-2-6-17-13)8-12(15(21)22)18-14(20)10-3-1-5-11(7-10)19(23)24/h1-7,12H,8H2,(H,18,20)(H,21,22)/t12-/m0/s1. The van der Waals surface area contributed by atoms with Crippen molar-refractivity contribution in [3.63, 3.8) is 0 Å². The van der Waals surface area contributed by atoms with Crippen LogP contribution < -0.4 is 5.32 Å². The molecule has 8 nitrogen and oxygen atoms in total. The van der Waals surface area contributed by atoms with Crippen LogP contribution in [-0.2, 0) is 11.2 Å². The Morgan fingerprint density at radius 3 is 2.71 bits per heavy atom. The number of aromatic nitrogens is 1. The highest BCUT2D eigenvalue weighted by Crippen LogP contribution is 2.16. The Morgan fingerprint density at radius 2 is 2.08 bits per heavy atom. The van der Waals surface area contributed by atoms with E-state index in [0.29, 0.717) is 10.2 Å². The zero-order valence-electron chi connectivity index (χ0n) is 12.2. The Bertz CT molecular complexity index is 796. The van der Waals surface area contributed by atoms with Crippen molar-refractivity contribution in [1.29, 1.82) is 0 Å². The van der Waals surface area contributed by atoms with Crippen molar-refractivity contribution in [1.82, 2.24) is 10.3 Å². The first kappa shape index (κ1) is 17.5. The molecular weight excluding hydrogens is 382 g/mol. The summed E-state index contributed by atoms with van der Waals surface area (Å²) < 4.78 is 0.487. The zero-order chi connectivity index (χ0) is 17.7. The number of nitro groups is 1. The van der Waals surface area contributed by atoms with Gasteiger partial charge in [-0.15, -0.1) is 0 Å². The SMILES string of the molecule is O=C(N[C@@H](Cc1cccnc1Br)C(=O)O)c1cccc([N+](=O)[O-])c1. The number of pyridine rings is 1. The van der Waals surface area contributed by atoms with E-state index < -0.39 is 22.8 Å². The fraction of sp³-hybridized carbons (Fsp3) is 0.133. The highest BCUT2D eigenvalue weighted by Gasteiger charge is 2.23. The number of nitrogens with one attached hydrogen (secondary N) is 1. The topological polar surface area (TPSA) is 122 Å². The number of carbonyl (C=O) groups is 2. The van der Waals surface area contributed by atoms with Gasteiger partial charge in [0.2, 0.25) is 0 Å². The number of rotatable bonds is 6. The molecule has 0 radical (unpaired) electrons. The molecule has 9 heteroatoms. The van der Waals surface area contributed by atoms with Crippen LogP contribution in [0.15, 0.2) is 47.2 Å². The number of carboxylic acid groups (broad SMARTS) is 1. The van der Waals surface area contributed by atoms with Crippen molar-refractivity contribution >= 4 is 33.5 Å². The lowest BCUT2D eigenvalue weighted by Crippen LogP contribution is -2.42. The van der Waals surface area contributed by atoms with Crippen molar-refractivity contribution in [2.24, 2.45) is 0 Å². The molecule has 124 valence electrons. The van der Waals surface area contributed by atoms with Gasteiger partial charge in [0, 0.05) is 30.3 Å². The molecule has 24 heavy (non-hydrogen) atoms. The Morgan fingerprint density at radius 1 is 1.33 bits per heavy atom. The highest BCUT2D eigenvalue weighted by molar-refractivity contribution is 9.10. The van der Waals surface area contributed by atoms with E-state index in [1.165, 1.54) is 18.2 Å². The van der Waals surface area contributed by atoms with Crippen LogP contribution >= 0.6 is 15.9 Å². The molecule has 1 amide bonds. The number of aliphatic carboxylic acids is 1. The van der Waals surface area contributed by atoms with E-state index in [0.717, 1.165) is 6.07 Å². The van der Waals surface area contributed by atoms with Gasteiger partial charge in [0.25, 0.3) is 11.6 Å². The van der Waals surface area contributed by atoms with Gasteiger partial charge in [0.1, 0.15) is 10.6 Å². The summed E-state index contributed by atoms with van der Waals surface area (Å²) >= 11 is 3.22. The van der Waals surface area contributed by atoms with E-state index in [1.54, 1.807) is 18.3 Å². The van der Waals surface area contributed by atoms with Crippen molar-refractivity contribution in [2.45, 2.75) is 12.5 Å². The third-order valence-corrected chi connectivity index (χ3v) is 3.90. The molecule has 1 aromatic heterocycles. The van der Waals surface area contributed by atoms with Crippen LogP contribution in [0.3, 0.4) is 0 Å². The van der Waals surface area contributed by atoms with E-state index in [9.17, 15) is 24.8 Å².